The van der Waals surface area contributed by atoms with Crippen LogP contribution in [0.2, 0.25) is 0 Å². The van der Waals surface area contributed by atoms with Crippen molar-refractivity contribution in [1.29, 1.82) is 0 Å². The van der Waals surface area contributed by atoms with Gasteiger partial charge in [-0.05, 0) is 18.8 Å². The van der Waals surface area contributed by atoms with Gasteiger partial charge in [0.15, 0.2) is 0 Å². The SMILES string of the molecule is CC(C)Cn1ncnc1CN(CCBr)C1CCCC1. The molecule has 0 radical (unpaired) electrons. The fraction of sp³-hybridized carbons (Fsp3) is 0.857. The Kier molecular flexibility index (Phi) is 5.82. The molecular formula is C14H25BrN4. The topological polar surface area (TPSA) is 34.0 Å². The minimum Gasteiger partial charge on any atom is -0.292 e. The lowest BCUT2D eigenvalue weighted by molar-refractivity contribution is 0.193. The molecule has 0 bridgehead atoms. The minimum absolute atomic E-state index is 0.608. The Balaban J connectivity index is 2.01. The van der Waals surface area contributed by atoms with Crippen molar-refractivity contribution in [3.8, 4) is 0 Å². The average molecular weight is 329 g/mol. The van der Waals surface area contributed by atoms with E-state index in [0.29, 0.717) is 5.92 Å². The molecule has 1 aromatic rings. The number of hydrogen-bond acceptors (Lipinski definition) is 3. The van der Waals surface area contributed by atoms with Crippen molar-refractivity contribution in [3.63, 3.8) is 0 Å². The Morgan fingerprint density at radius 1 is 1.42 bits per heavy atom. The monoisotopic (exact) mass is 328 g/mol. The molecule has 0 atom stereocenters. The summed E-state index contributed by atoms with van der Waals surface area (Å²) in [6.07, 6.45) is 7.12. The van der Waals surface area contributed by atoms with Crippen LogP contribution < -0.4 is 0 Å². The largest absolute Gasteiger partial charge is 0.292 e. The summed E-state index contributed by atoms with van der Waals surface area (Å²) in [6, 6.07) is 0.738. The summed E-state index contributed by atoms with van der Waals surface area (Å²) in [6.45, 7) is 7.43. The molecule has 0 amide bonds. The van der Waals surface area contributed by atoms with Gasteiger partial charge in [-0.25, -0.2) is 9.67 Å². The summed E-state index contributed by atoms with van der Waals surface area (Å²) in [7, 11) is 0. The molecule has 108 valence electrons. The maximum absolute atomic E-state index is 4.46. The van der Waals surface area contributed by atoms with Crippen molar-refractivity contribution < 1.29 is 0 Å². The Morgan fingerprint density at radius 3 is 2.79 bits per heavy atom. The second-order valence-corrected chi connectivity index (χ2v) is 6.64. The molecule has 2 rings (SSSR count). The lowest BCUT2D eigenvalue weighted by atomic mass is 10.2. The molecule has 19 heavy (non-hydrogen) atoms. The smallest absolute Gasteiger partial charge is 0.141 e. The highest BCUT2D eigenvalue weighted by atomic mass is 79.9. The molecule has 1 fully saturated rings. The van der Waals surface area contributed by atoms with E-state index < -0.39 is 0 Å². The van der Waals surface area contributed by atoms with E-state index in [1.807, 2.05) is 0 Å². The summed E-state index contributed by atoms with van der Waals surface area (Å²) in [5.41, 5.74) is 0. The quantitative estimate of drug-likeness (QED) is 0.721. The second kappa shape index (κ2) is 7.39. The highest BCUT2D eigenvalue weighted by molar-refractivity contribution is 9.09. The lowest BCUT2D eigenvalue weighted by Crippen LogP contribution is -2.35. The molecule has 0 aliphatic heterocycles. The summed E-state index contributed by atoms with van der Waals surface area (Å²) >= 11 is 3.58. The third-order valence-electron chi connectivity index (χ3n) is 3.79. The van der Waals surface area contributed by atoms with Crippen molar-refractivity contribution >= 4 is 15.9 Å². The second-order valence-electron chi connectivity index (χ2n) is 5.85. The summed E-state index contributed by atoms with van der Waals surface area (Å²) in [5.74, 6) is 1.72. The summed E-state index contributed by atoms with van der Waals surface area (Å²) in [5, 5.41) is 5.39. The number of hydrogen-bond donors (Lipinski definition) is 0. The molecule has 0 aromatic carbocycles. The Labute approximate surface area is 124 Å². The van der Waals surface area contributed by atoms with Gasteiger partial charge in [-0.15, -0.1) is 0 Å². The van der Waals surface area contributed by atoms with Gasteiger partial charge in [0.1, 0.15) is 12.2 Å². The number of rotatable bonds is 7. The van der Waals surface area contributed by atoms with Gasteiger partial charge in [0, 0.05) is 24.5 Å². The van der Waals surface area contributed by atoms with E-state index in [0.717, 1.165) is 36.8 Å². The molecule has 5 heteroatoms. The van der Waals surface area contributed by atoms with Crippen LogP contribution in [0.5, 0.6) is 0 Å². The highest BCUT2D eigenvalue weighted by Crippen LogP contribution is 2.24. The van der Waals surface area contributed by atoms with E-state index in [1.165, 1.54) is 25.7 Å². The Morgan fingerprint density at radius 2 is 2.16 bits per heavy atom. The van der Waals surface area contributed by atoms with E-state index >= 15 is 0 Å². The van der Waals surface area contributed by atoms with E-state index in [1.54, 1.807) is 6.33 Å². The molecular weight excluding hydrogens is 304 g/mol. The zero-order chi connectivity index (χ0) is 13.7. The van der Waals surface area contributed by atoms with Gasteiger partial charge in [0.2, 0.25) is 0 Å². The first-order chi connectivity index (χ1) is 9.20. The van der Waals surface area contributed by atoms with Crippen molar-refractivity contribution in [2.75, 3.05) is 11.9 Å². The summed E-state index contributed by atoms with van der Waals surface area (Å²) in [4.78, 5) is 7.03. The molecule has 4 nitrogen and oxygen atoms in total. The standard InChI is InChI=1S/C14H25BrN4/c1-12(2)9-19-14(16-11-17-19)10-18(8-7-15)13-5-3-4-6-13/h11-13H,3-10H2,1-2H3. The van der Waals surface area contributed by atoms with Crippen LogP contribution >= 0.6 is 15.9 Å². The molecule has 0 N–H and O–H groups in total. The first kappa shape index (κ1) is 15.0. The molecule has 1 aromatic heterocycles. The van der Waals surface area contributed by atoms with Crippen molar-refractivity contribution in [3.05, 3.63) is 12.2 Å². The molecule has 0 spiro atoms. The predicted octanol–water partition coefficient (Wildman–Crippen LogP) is 3.07. The van der Waals surface area contributed by atoms with E-state index in [2.05, 4.69) is 49.4 Å². The van der Waals surface area contributed by atoms with Crippen LogP contribution in [0.15, 0.2) is 6.33 Å². The third-order valence-corrected chi connectivity index (χ3v) is 4.15. The van der Waals surface area contributed by atoms with Crippen LogP contribution in [0.25, 0.3) is 0 Å². The van der Waals surface area contributed by atoms with Crippen LogP contribution in [0, 0.1) is 5.92 Å². The van der Waals surface area contributed by atoms with Gasteiger partial charge in [-0.1, -0.05) is 42.6 Å². The van der Waals surface area contributed by atoms with Gasteiger partial charge < -0.3 is 0 Å². The van der Waals surface area contributed by atoms with Crippen LogP contribution in [-0.2, 0) is 13.1 Å². The fourth-order valence-electron chi connectivity index (χ4n) is 2.86. The van der Waals surface area contributed by atoms with Gasteiger partial charge in [-0.3, -0.25) is 4.90 Å². The predicted molar refractivity (Wildman–Crippen MR) is 81.3 cm³/mol. The maximum atomic E-state index is 4.46. The number of aromatic nitrogens is 3. The van der Waals surface area contributed by atoms with Crippen LogP contribution in [-0.4, -0.2) is 37.6 Å². The molecule has 1 saturated carbocycles. The fourth-order valence-corrected chi connectivity index (χ4v) is 3.31. The van der Waals surface area contributed by atoms with Gasteiger partial charge >= 0.3 is 0 Å². The van der Waals surface area contributed by atoms with Gasteiger partial charge in [-0.2, -0.15) is 5.10 Å². The van der Waals surface area contributed by atoms with Crippen molar-refractivity contribution in [2.45, 2.75) is 58.7 Å². The molecule has 1 aliphatic carbocycles. The van der Waals surface area contributed by atoms with E-state index in [4.69, 9.17) is 0 Å². The van der Waals surface area contributed by atoms with E-state index in [-0.39, 0.29) is 0 Å². The van der Waals surface area contributed by atoms with Crippen molar-refractivity contribution in [1.82, 2.24) is 19.7 Å². The highest BCUT2D eigenvalue weighted by Gasteiger charge is 2.23. The number of halogens is 1. The lowest BCUT2D eigenvalue weighted by Gasteiger charge is -2.27. The van der Waals surface area contributed by atoms with Crippen LogP contribution in [0.4, 0.5) is 0 Å². The maximum Gasteiger partial charge on any atom is 0.141 e. The van der Waals surface area contributed by atoms with E-state index in [9.17, 15) is 0 Å². The van der Waals surface area contributed by atoms with Crippen LogP contribution in [0.3, 0.4) is 0 Å². The summed E-state index contributed by atoms with van der Waals surface area (Å²) < 4.78 is 2.07. The first-order valence-electron chi connectivity index (χ1n) is 7.37. The first-order valence-corrected chi connectivity index (χ1v) is 8.49. The molecule has 1 aliphatic rings. The Hall–Kier alpha value is -0.420. The van der Waals surface area contributed by atoms with Gasteiger partial charge in [0.25, 0.3) is 0 Å². The van der Waals surface area contributed by atoms with Crippen LogP contribution in [0.1, 0.15) is 45.4 Å². The zero-order valence-corrected chi connectivity index (χ0v) is 13.6. The number of nitrogens with zero attached hydrogens (tertiary/aromatic N) is 4. The average Bonchev–Trinajstić information content (AvgIpc) is 3.00. The zero-order valence-electron chi connectivity index (χ0n) is 12.1. The molecule has 0 unspecified atom stereocenters. The van der Waals surface area contributed by atoms with Crippen molar-refractivity contribution in [2.24, 2.45) is 5.92 Å². The normalized spacial score (nSPS) is 16.9. The minimum atomic E-state index is 0.608. The number of alkyl halides is 1. The van der Waals surface area contributed by atoms with Gasteiger partial charge in [0.05, 0.1) is 6.54 Å². The molecule has 0 saturated heterocycles. The Bertz CT molecular complexity index is 371. The third kappa shape index (κ3) is 4.28. The molecule has 1 heterocycles.